The van der Waals surface area contributed by atoms with E-state index in [9.17, 15) is 4.79 Å². The minimum Gasteiger partial charge on any atom is -0.437 e. The summed E-state index contributed by atoms with van der Waals surface area (Å²) in [6.07, 6.45) is 1.88. The van der Waals surface area contributed by atoms with Crippen LogP contribution in [0.1, 0.15) is 27.2 Å². The number of amides is 1. The number of carbonyl (C=O) groups is 1. The summed E-state index contributed by atoms with van der Waals surface area (Å²) in [5, 5.41) is 6.25. The van der Waals surface area contributed by atoms with Gasteiger partial charge in [-0.15, -0.1) is 0 Å². The van der Waals surface area contributed by atoms with Crippen molar-refractivity contribution in [1.82, 2.24) is 9.97 Å². The summed E-state index contributed by atoms with van der Waals surface area (Å²) in [6.45, 7) is 7.96. The Morgan fingerprint density at radius 1 is 1.06 bits per heavy atom. The fourth-order valence-electron chi connectivity index (χ4n) is 2.96. The third-order valence-electron chi connectivity index (χ3n) is 4.62. The van der Waals surface area contributed by atoms with E-state index < -0.39 is 0 Å². The molecule has 0 saturated heterocycles. The zero-order valence-corrected chi connectivity index (χ0v) is 18.6. The number of aromatic nitrogens is 2. The molecule has 1 amide bonds. The molecule has 0 aliphatic heterocycles. The van der Waals surface area contributed by atoms with E-state index in [1.165, 1.54) is 6.20 Å². The molecule has 0 unspecified atom stereocenters. The standard InChI is InChI=1S/C23H26ClN5O2/c1-4-21(30)26-17-8-7-9-19(14-17)31-22-20(24)15-25-23(28-22)27-16-10-12-18(13-11-16)29(5-2)6-3/h7-15H,4-6H2,1-3H3,(H,26,30)(H,25,27,28). The number of anilines is 4. The topological polar surface area (TPSA) is 79.4 Å². The van der Waals surface area contributed by atoms with Gasteiger partial charge in [0.1, 0.15) is 10.8 Å². The molecule has 2 aromatic carbocycles. The van der Waals surface area contributed by atoms with E-state index in [1.54, 1.807) is 31.2 Å². The van der Waals surface area contributed by atoms with Gasteiger partial charge < -0.3 is 20.3 Å². The summed E-state index contributed by atoms with van der Waals surface area (Å²) in [5.41, 5.74) is 2.65. The van der Waals surface area contributed by atoms with Crippen molar-refractivity contribution in [3.05, 3.63) is 59.8 Å². The number of rotatable bonds is 9. The van der Waals surface area contributed by atoms with Gasteiger partial charge >= 0.3 is 0 Å². The molecule has 0 bridgehead atoms. The van der Waals surface area contributed by atoms with Crippen LogP contribution in [0.3, 0.4) is 0 Å². The Balaban J connectivity index is 1.73. The van der Waals surface area contributed by atoms with Crippen molar-refractivity contribution >= 4 is 40.5 Å². The van der Waals surface area contributed by atoms with Crippen molar-refractivity contribution in [2.75, 3.05) is 28.6 Å². The fourth-order valence-corrected chi connectivity index (χ4v) is 3.08. The highest BCUT2D eigenvalue weighted by Crippen LogP contribution is 2.30. The van der Waals surface area contributed by atoms with E-state index in [0.29, 0.717) is 23.8 Å². The Bertz CT molecular complexity index is 1020. The lowest BCUT2D eigenvalue weighted by atomic mass is 10.2. The zero-order chi connectivity index (χ0) is 22.2. The van der Waals surface area contributed by atoms with Crippen molar-refractivity contribution in [3.63, 3.8) is 0 Å². The number of halogens is 1. The van der Waals surface area contributed by atoms with E-state index >= 15 is 0 Å². The highest BCUT2D eigenvalue weighted by molar-refractivity contribution is 6.31. The molecular weight excluding hydrogens is 414 g/mol. The van der Waals surface area contributed by atoms with E-state index in [2.05, 4.69) is 51.5 Å². The highest BCUT2D eigenvalue weighted by Gasteiger charge is 2.10. The Morgan fingerprint density at radius 3 is 2.48 bits per heavy atom. The van der Waals surface area contributed by atoms with Crippen LogP contribution in [0.4, 0.5) is 23.0 Å². The summed E-state index contributed by atoms with van der Waals surface area (Å²) in [4.78, 5) is 22.5. The maximum atomic E-state index is 11.6. The predicted octanol–water partition coefficient (Wildman–Crippen LogP) is 5.86. The molecule has 1 heterocycles. The molecule has 7 nitrogen and oxygen atoms in total. The first-order valence-corrected chi connectivity index (χ1v) is 10.6. The third-order valence-corrected chi connectivity index (χ3v) is 4.88. The first-order chi connectivity index (χ1) is 15.0. The minimum absolute atomic E-state index is 0.0734. The number of nitrogens with zero attached hydrogens (tertiary/aromatic N) is 3. The maximum Gasteiger partial charge on any atom is 0.243 e. The summed E-state index contributed by atoms with van der Waals surface area (Å²) in [6, 6.07) is 15.1. The molecular formula is C23H26ClN5O2. The van der Waals surface area contributed by atoms with Gasteiger partial charge in [-0.3, -0.25) is 4.79 Å². The van der Waals surface area contributed by atoms with Crippen LogP contribution in [0, 0.1) is 0 Å². The second kappa shape index (κ2) is 10.6. The average molecular weight is 440 g/mol. The normalized spacial score (nSPS) is 10.5. The maximum absolute atomic E-state index is 11.6. The molecule has 0 saturated carbocycles. The van der Waals surface area contributed by atoms with Crippen LogP contribution in [0.2, 0.25) is 5.02 Å². The highest BCUT2D eigenvalue weighted by atomic mass is 35.5. The molecule has 0 aliphatic rings. The van der Waals surface area contributed by atoms with Crippen molar-refractivity contribution in [2.45, 2.75) is 27.2 Å². The number of nitrogens with one attached hydrogen (secondary N) is 2. The second-order valence-electron chi connectivity index (χ2n) is 6.72. The fraction of sp³-hybridized carbons (Fsp3) is 0.261. The molecule has 0 radical (unpaired) electrons. The number of carbonyl (C=O) groups excluding carboxylic acids is 1. The SMILES string of the molecule is CCC(=O)Nc1cccc(Oc2nc(Nc3ccc(N(CC)CC)cc3)ncc2Cl)c1. The molecule has 8 heteroatoms. The van der Waals surface area contributed by atoms with Gasteiger partial charge in [0.15, 0.2) is 0 Å². The van der Waals surface area contributed by atoms with Crippen LogP contribution in [-0.4, -0.2) is 29.0 Å². The molecule has 162 valence electrons. The summed E-state index contributed by atoms with van der Waals surface area (Å²) < 4.78 is 5.84. The van der Waals surface area contributed by atoms with Gasteiger partial charge in [0.05, 0.1) is 6.20 Å². The van der Waals surface area contributed by atoms with Crippen LogP contribution < -0.4 is 20.3 Å². The third kappa shape index (κ3) is 6.08. The zero-order valence-electron chi connectivity index (χ0n) is 17.9. The van der Waals surface area contributed by atoms with Crippen LogP contribution in [0.15, 0.2) is 54.7 Å². The molecule has 2 N–H and O–H groups in total. The van der Waals surface area contributed by atoms with E-state index in [1.807, 2.05) is 12.1 Å². The lowest BCUT2D eigenvalue weighted by Gasteiger charge is -2.21. The van der Waals surface area contributed by atoms with Crippen molar-refractivity contribution in [1.29, 1.82) is 0 Å². The van der Waals surface area contributed by atoms with Crippen LogP contribution >= 0.6 is 11.6 Å². The molecule has 3 rings (SSSR count). The van der Waals surface area contributed by atoms with Gasteiger partial charge in [-0.05, 0) is 50.2 Å². The molecule has 0 spiro atoms. The monoisotopic (exact) mass is 439 g/mol. The number of ether oxygens (including phenoxy) is 1. The first-order valence-electron chi connectivity index (χ1n) is 10.2. The van der Waals surface area contributed by atoms with Gasteiger partial charge in [0.25, 0.3) is 0 Å². The van der Waals surface area contributed by atoms with Crippen molar-refractivity contribution < 1.29 is 9.53 Å². The van der Waals surface area contributed by atoms with Crippen LogP contribution in [0.5, 0.6) is 11.6 Å². The second-order valence-corrected chi connectivity index (χ2v) is 7.13. The molecule has 0 atom stereocenters. The first kappa shape index (κ1) is 22.4. The number of hydrogen-bond donors (Lipinski definition) is 2. The Kier molecular flexibility index (Phi) is 7.67. The van der Waals surface area contributed by atoms with Crippen molar-refractivity contribution in [3.8, 4) is 11.6 Å². The van der Waals surface area contributed by atoms with Gasteiger partial charge in [0, 0.05) is 42.6 Å². The summed E-state index contributed by atoms with van der Waals surface area (Å²) >= 11 is 6.23. The average Bonchev–Trinajstić information content (AvgIpc) is 2.78. The van der Waals surface area contributed by atoms with Gasteiger partial charge in [-0.1, -0.05) is 24.6 Å². The Labute approximate surface area is 187 Å². The summed E-state index contributed by atoms with van der Waals surface area (Å²) in [7, 11) is 0. The molecule has 0 aliphatic carbocycles. The van der Waals surface area contributed by atoms with Crippen LogP contribution in [0.25, 0.3) is 0 Å². The van der Waals surface area contributed by atoms with Gasteiger partial charge in [-0.2, -0.15) is 4.98 Å². The quantitative estimate of drug-likeness (QED) is 0.434. The number of benzene rings is 2. The van der Waals surface area contributed by atoms with E-state index in [-0.39, 0.29) is 16.8 Å². The Hall–Kier alpha value is -3.32. The smallest absolute Gasteiger partial charge is 0.243 e. The predicted molar refractivity (Wildman–Crippen MR) is 126 cm³/mol. The number of hydrogen-bond acceptors (Lipinski definition) is 6. The Morgan fingerprint density at radius 2 is 1.81 bits per heavy atom. The lowest BCUT2D eigenvalue weighted by Crippen LogP contribution is -2.21. The minimum atomic E-state index is -0.0734. The molecule has 3 aromatic rings. The molecule has 0 fully saturated rings. The van der Waals surface area contributed by atoms with Crippen molar-refractivity contribution in [2.24, 2.45) is 0 Å². The lowest BCUT2D eigenvalue weighted by molar-refractivity contribution is -0.115. The van der Waals surface area contributed by atoms with Crippen LogP contribution in [-0.2, 0) is 4.79 Å². The largest absolute Gasteiger partial charge is 0.437 e. The molecule has 31 heavy (non-hydrogen) atoms. The van der Waals surface area contributed by atoms with E-state index in [0.717, 1.165) is 24.5 Å². The molecule has 1 aromatic heterocycles. The van der Waals surface area contributed by atoms with Gasteiger partial charge in [0.2, 0.25) is 17.7 Å². The van der Waals surface area contributed by atoms with Gasteiger partial charge in [-0.25, -0.2) is 4.98 Å². The summed E-state index contributed by atoms with van der Waals surface area (Å²) in [5.74, 6) is 1.02. The van der Waals surface area contributed by atoms with E-state index in [4.69, 9.17) is 16.3 Å².